The van der Waals surface area contributed by atoms with Crippen LogP contribution in [0.5, 0.6) is 5.75 Å². The van der Waals surface area contributed by atoms with Crippen molar-refractivity contribution in [3.63, 3.8) is 0 Å². The normalized spacial score (nSPS) is 10.4. The van der Waals surface area contributed by atoms with E-state index < -0.39 is 0 Å². The van der Waals surface area contributed by atoms with Crippen LogP contribution < -0.4 is 15.4 Å². The van der Waals surface area contributed by atoms with Crippen molar-refractivity contribution in [2.75, 3.05) is 17.2 Å². The molecular formula is C19H21BrN2O3. The lowest BCUT2D eigenvalue weighted by atomic mass is 10.1. The maximum atomic E-state index is 12.1. The fraction of sp³-hybridized carbons (Fsp3) is 0.263. The third kappa shape index (κ3) is 5.90. The molecule has 2 amide bonds. The van der Waals surface area contributed by atoms with Crippen LogP contribution in [0.3, 0.4) is 0 Å². The number of hydrogen-bond acceptors (Lipinski definition) is 3. The van der Waals surface area contributed by atoms with E-state index in [-0.39, 0.29) is 24.3 Å². The molecule has 0 fully saturated rings. The Bertz CT molecular complexity index is 758. The molecule has 25 heavy (non-hydrogen) atoms. The highest BCUT2D eigenvalue weighted by molar-refractivity contribution is 9.10. The first-order chi connectivity index (χ1) is 11.8. The van der Waals surface area contributed by atoms with Crippen molar-refractivity contribution in [2.24, 2.45) is 5.92 Å². The molecular weight excluding hydrogens is 384 g/mol. The Balaban J connectivity index is 1.97. The maximum Gasteiger partial charge on any atom is 0.262 e. The molecule has 5 nitrogen and oxygen atoms in total. The molecule has 0 aliphatic rings. The van der Waals surface area contributed by atoms with Gasteiger partial charge in [-0.25, -0.2) is 0 Å². The first-order valence-electron chi connectivity index (χ1n) is 7.95. The van der Waals surface area contributed by atoms with Gasteiger partial charge in [0.15, 0.2) is 6.61 Å². The van der Waals surface area contributed by atoms with Crippen molar-refractivity contribution in [1.82, 2.24) is 0 Å². The lowest BCUT2D eigenvalue weighted by molar-refractivity contribution is -0.119. The smallest absolute Gasteiger partial charge is 0.262 e. The molecule has 2 rings (SSSR count). The summed E-state index contributed by atoms with van der Waals surface area (Å²) in [6, 6.07) is 12.7. The monoisotopic (exact) mass is 404 g/mol. The van der Waals surface area contributed by atoms with Gasteiger partial charge in [0, 0.05) is 21.8 Å². The summed E-state index contributed by atoms with van der Waals surface area (Å²) in [5, 5.41) is 5.63. The van der Waals surface area contributed by atoms with E-state index in [2.05, 4.69) is 26.6 Å². The molecule has 2 aromatic carbocycles. The molecule has 0 aliphatic heterocycles. The zero-order valence-corrected chi connectivity index (χ0v) is 16.0. The van der Waals surface area contributed by atoms with Crippen molar-refractivity contribution in [1.29, 1.82) is 0 Å². The summed E-state index contributed by atoms with van der Waals surface area (Å²) in [6.45, 7) is 5.44. The Hall–Kier alpha value is -2.34. The Morgan fingerprint density at radius 2 is 1.76 bits per heavy atom. The van der Waals surface area contributed by atoms with Crippen molar-refractivity contribution < 1.29 is 14.3 Å². The van der Waals surface area contributed by atoms with Gasteiger partial charge in [0.1, 0.15) is 5.75 Å². The Kier molecular flexibility index (Phi) is 6.58. The highest BCUT2D eigenvalue weighted by Gasteiger charge is 2.10. The van der Waals surface area contributed by atoms with Crippen LogP contribution in [0.15, 0.2) is 46.9 Å². The molecule has 0 radical (unpaired) electrons. The SMILES string of the molecule is Cc1ccc(NC(=O)C(C)C)cc1NC(=O)COc1ccc(Br)cc1. The molecule has 6 heteroatoms. The zero-order chi connectivity index (χ0) is 18.4. The number of carbonyl (C=O) groups is 2. The van der Waals surface area contributed by atoms with Gasteiger partial charge in [0.25, 0.3) is 5.91 Å². The summed E-state index contributed by atoms with van der Waals surface area (Å²) in [4.78, 5) is 23.9. The summed E-state index contributed by atoms with van der Waals surface area (Å²) in [7, 11) is 0. The molecule has 2 aromatic rings. The summed E-state index contributed by atoms with van der Waals surface area (Å²) in [6.07, 6.45) is 0. The van der Waals surface area contributed by atoms with Gasteiger partial charge in [-0.3, -0.25) is 9.59 Å². The molecule has 0 saturated heterocycles. The molecule has 2 N–H and O–H groups in total. The van der Waals surface area contributed by atoms with Gasteiger partial charge in [-0.1, -0.05) is 35.8 Å². The van der Waals surface area contributed by atoms with E-state index in [0.29, 0.717) is 17.1 Å². The van der Waals surface area contributed by atoms with Gasteiger partial charge in [0.05, 0.1) is 0 Å². The average Bonchev–Trinajstić information content (AvgIpc) is 2.57. The van der Waals surface area contributed by atoms with Gasteiger partial charge in [-0.15, -0.1) is 0 Å². The number of benzene rings is 2. The predicted octanol–water partition coefficient (Wildman–Crippen LogP) is 4.37. The van der Waals surface area contributed by atoms with Crippen LogP contribution in [0.2, 0.25) is 0 Å². The number of carbonyl (C=O) groups excluding carboxylic acids is 2. The third-order valence-corrected chi connectivity index (χ3v) is 4.02. The fourth-order valence-electron chi connectivity index (χ4n) is 1.99. The Morgan fingerprint density at radius 3 is 2.40 bits per heavy atom. The number of ether oxygens (including phenoxy) is 1. The maximum absolute atomic E-state index is 12.1. The summed E-state index contributed by atoms with van der Waals surface area (Å²) in [5.74, 6) is 0.171. The topological polar surface area (TPSA) is 67.4 Å². The number of hydrogen-bond donors (Lipinski definition) is 2. The zero-order valence-electron chi connectivity index (χ0n) is 14.4. The Morgan fingerprint density at radius 1 is 1.08 bits per heavy atom. The van der Waals surface area contributed by atoms with Gasteiger partial charge >= 0.3 is 0 Å². The van der Waals surface area contributed by atoms with Crippen LogP contribution in [0, 0.1) is 12.8 Å². The Labute approximate surface area is 155 Å². The predicted molar refractivity (Wildman–Crippen MR) is 103 cm³/mol. The molecule has 0 bridgehead atoms. The number of nitrogens with one attached hydrogen (secondary N) is 2. The molecule has 0 spiro atoms. The standard InChI is InChI=1S/C19H21BrN2O3/c1-12(2)19(24)21-15-7-4-13(3)17(10-15)22-18(23)11-25-16-8-5-14(20)6-9-16/h4-10,12H,11H2,1-3H3,(H,21,24)(H,22,23). The van der Waals surface area contributed by atoms with Crippen LogP contribution in [0.1, 0.15) is 19.4 Å². The highest BCUT2D eigenvalue weighted by Crippen LogP contribution is 2.21. The number of anilines is 2. The van der Waals surface area contributed by atoms with E-state index >= 15 is 0 Å². The minimum Gasteiger partial charge on any atom is -0.484 e. The second kappa shape index (κ2) is 8.67. The van der Waals surface area contributed by atoms with Crippen LogP contribution in [0.4, 0.5) is 11.4 Å². The van der Waals surface area contributed by atoms with Crippen molar-refractivity contribution >= 4 is 39.1 Å². The lowest BCUT2D eigenvalue weighted by Gasteiger charge is -2.13. The number of halogens is 1. The van der Waals surface area contributed by atoms with Gasteiger partial charge in [0.2, 0.25) is 5.91 Å². The number of aryl methyl sites for hydroxylation is 1. The first-order valence-corrected chi connectivity index (χ1v) is 8.74. The van der Waals surface area contributed by atoms with Crippen LogP contribution in [-0.4, -0.2) is 18.4 Å². The summed E-state index contributed by atoms with van der Waals surface area (Å²) < 4.78 is 6.40. The van der Waals surface area contributed by atoms with Crippen LogP contribution in [-0.2, 0) is 9.59 Å². The quantitative estimate of drug-likeness (QED) is 0.750. The molecule has 0 unspecified atom stereocenters. The summed E-state index contributed by atoms with van der Waals surface area (Å²) in [5.41, 5.74) is 2.19. The van der Waals surface area contributed by atoms with Gasteiger partial charge < -0.3 is 15.4 Å². The molecule has 0 aromatic heterocycles. The van der Waals surface area contributed by atoms with Crippen LogP contribution >= 0.6 is 15.9 Å². The van der Waals surface area contributed by atoms with E-state index in [4.69, 9.17) is 4.74 Å². The van der Waals surface area contributed by atoms with Gasteiger partial charge in [-0.2, -0.15) is 0 Å². The van der Waals surface area contributed by atoms with Crippen molar-refractivity contribution in [2.45, 2.75) is 20.8 Å². The van der Waals surface area contributed by atoms with Crippen molar-refractivity contribution in [3.05, 3.63) is 52.5 Å². The third-order valence-electron chi connectivity index (χ3n) is 3.49. The minimum absolute atomic E-state index is 0.0697. The molecule has 0 heterocycles. The molecule has 0 aliphatic carbocycles. The molecule has 0 saturated carbocycles. The number of rotatable bonds is 6. The fourth-order valence-corrected chi connectivity index (χ4v) is 2.25. The van der Waals surface area contributed by atoms with E-state index in [1.54, 1.807) is 18.2 Å². The minimum atomic E-state index is -0.265. The average molecular weight is 405 g/mol. The second-order valence-corrected chi connectivity index (χ2v) is 6.88. The van der Waals surface area contributed by atoms with Crippen molar-refractivity contribution in [3.8, 4) is 5.75 Å². The largest absolute Gasteiger partial charge is 0.484 e. The molecule has 0 atom stereocenters. The van der Waals surface area contributed by atoms with Crippen LogP contribution in [0.25, 0.3) is 0 Å². The highest BCUT2D eigenvalue weighted by atomic mass is 79.9. The van der Waals surface area contributed by atoms with E-state index in [0.717, 1.165) is 10.0 Å². The van der Waals surface area contributed by atoms with E-state index in [1.807, 2.05) is 45.0 Å². The second-order valence-electron chi connectivity index (χ2n) is 5.96. The van der Waals surface area contributed by atoms with E-state index in [1.165, 1.54) is 0 Å². The van der Waals surface area contributed by atoms with E-state index in [9.17, 15) is 9.59 Å². The first kappa shape index (κ1) is 19.0. The number of amides is 2. The summed E-state index contributed by atoms with van der Waals surface area (Å²) >= 11 is 3.35. The van der Waals surface area contributed by atoms with Gasteiger partial charge in [-0.05, 0) is 48.9 Å². The lowest BCUT2D eigenvalue weighted by Crippen LogP contribution is -2.21. The molecule has 132 valence electrons.